The summed E-state index contributed by atoms with van der Waals surface area (Å²) in [6, 6.07) is 3.86. The molecular formula is C15H19N5O. The van der Waals surface area contributed by atoms with Crippen molar-refractivity contribution >= 4 is 11.7 Å². The zero-order valence-electron chi connectivity index (χ0n) is 12.0. The van der Waals surface area contributed by atoms with Crippen molar-refractivity contribution in [3.8, 4) is 0 Å². The summed E-state index contributed by atoms with van der Waals surface area (Å²) in [7, 11) is 0. The third-order valence-corrected chi connectivity index (χ3v) is 2.89. The molecule has 6 nitrogen and oxygen atoms in total. The van der Waals surface area contributed by atoms with Crippen molar-refractivity contribution in [1.82, 2.24) is 20.3 Å². The largest absolute Gasteiger partial charge is 0.369 e. The van der Waals surface area contributed by atoms with Gasteiger partial charge in [-0.1, -0.05) is 6.92 Å². The standard InChI is InChI=1S/C15H19N5O/c1-2-6-17-14-11-19-13(10-20-14)15(21)18-9-5-12-3-7-16-8-4-12/h3-4,7-8,10-11H,2,5-6,9H2,1H3,(H,17,20)(H,18,21). The molecular weight excluding hydrogens is 266 g/mol. The molecule has 0 aliphatic heterocycles. The van der Waals surface area contributed by atoms with Crippen LogP contribution in [0.2, 0.25) is 0 Å². The first-order chi connectivity index (χ1) is 10.3. The van der Waals surface area contributed by atoms with Gasteiger partial charge < -0.3 is 10.6 Å². The van der Waals surface area contributed by atoms with Crippen molar-refractivity contribution in [3.63, 3.8) is 0 Å². The molecule has 6 heteroatoms. The number of hydrogen-bond acceptors (Lipinski definition) is 5. The van der Waals surface area contributed by atoms with Gasteiger partial charge in [-0.15, -0.1) is 0 Å². The lowest BCUT2D eigenvalue weighted by atomic mass is 10.2. The summed E-state index contributed by atoms with van der Waals surface area (Å²) in [4.78, 5) is 24.1. The Morgan fingerprint density at radius 2 is 1.95 bits per heavy atom. The summed E-state index contributed by atoms with van der Waals surface area (Å²) in [6.07, 6.45) is 8.32. The number of aromatic nitrogens is 3. The van der Waals surface area contributed by atoms with Gasteiger partial charge in [-0.3, -0.25) is 9.78 Å². The molecule has 2 rings (SSSR count). The van der Waals surface area contributed by atoms with Crippen molar-refractivity contribution in [2.75, 3.05) is 18.4 Å². The Morgan fingerprint density at radius 1 is 1.14 bits per heavy atom. The van der Waals surface area contributed by atoms with Gasteiger partial charge in [0.25, 0.3) is 5.91 Å². The summed E-state index contributed by atoms with van der Waals surface area (Å²) in [5, 5.41) is 5.94. The zero-order valence-corrected chi connectivity index (χ0v) is 12.0. The normalized spacial score (nSPS) is 10.1. The topological polar surface area (TPSA) is 79.8 Å². The molecule has 0 unspecified atom stereocenters. The summed E-state index contributed by atoms with van der Waals surface area (Å²) in [6.45, 7) is 3.47. The fourth-order valence-electron chi connectivity index (χ4n) is 1.75. The van der Waals surface area contributed by atoms with Crippen LogP contribution in [0.4, 0.5) is 5.82 Å². The molecule has 0 aliphatic rings. The second kappa shape index (κ2) is 7.94. The van der Waals surface area contributed by atoms with Gasteiger partial charge in [-0.2, -0.15) is 0 Å². The van der Waals surface area contributed by atoms with Gasteiger partial charge in [-0.05, 0) is 30.5 Å². The van der Waals surface area contributed by atoms with Crippen LogP contribution >= 0.6 is 0 Å². The van der Waals surface area contributed by atoms with E-state index in [4.69, 9.17) is 0 Å². The Labute approximate surface area is 124 Å². The molecule has 2 aromatic heterocycles. The maximum absolute atomic E-state index is 11.9. The Bertz CT molecular complexity index is 556. The molecule has 21 heavy (non-hydrogen) atoms. The molecule has 0 aliphatic carbocycles. The minimum atomic E-state index is -0.210. The number of pyridine rings is 1. The molecule has 0 radical (unpaired) electrons. The Hall–Kier alpha value is -2.50. The number of carbonyl (C=O) groups excluding carboxylic acids is 1. The summed E-state index contributed by atoms with van der Waals surface area (Å²) >= 11 is 0. The summed E-state index contributed by atoms with van der Waals surface area (Å²) in [5.41, 5.74) is 1.46. The lowest BCUT2D eigenvalue weighted by Gasteiger charge is -2.06. The van der Waals surface area contributed by atoms with Crippen molar-refractivity contribution in [2.24, 2.45) is 0 Å². The third kappa shape index (κ3) is 4.83. The van der Waals surface area contributed by atoms with E-state index in [0.29, 0.717) is 18.1 Å². The summed E-state index contributed by atoms with van der Waals surface area (Å²) < 4.78 is 0. The van der Waals surface area contributed by atoms with Crippen LogP contribution in [0.25, 0.3) is 0 Å². The van der Waals surface area contributed by atoms with Gasteiger partial charge >= 0.3 is 0 Å². The second-order valence-electron chi connectivity index (χ2n) is 4.58. The molecule has 0 saturated carbocycles. The van der Waals surface area contributed by atoms with Gasteiger partial charge in [0.2, 0.25) is 0 Å². The van der Waals surface area contributed by atoms with E-state index in [-0.39, 0.29) is 5.91 Å². The molecule has 110 valence electrons. The monoisotopic (exact) mass is 285 g/mol. The van der Waals surface area contributed by atoms with Crippen LogP contribution < -0.4 is 10.6 Å². The number of rotatable bonds is 7. The van der Waals surface area contributed by atoms with E-state index < -0.39 is 0 Å². The number of amides is 1. The highest BCUT2D eigenvalue weighted by Gasteiger charge is 2.07. The fourth-order valence-corrected chi connectivity index (χ4v) is 1.75. The van der Waals surface area contributed by atoms with Gasteiger partial charge in [-0.25, -0.2) is 9.97 Å². The van der Waals surface area contributed by atoms with E-state index in [0.717, 1.165) is 24.9 Å². The molecule has 0 fully saturated rings. The van der Waals surface area contributed by atoms with E-state index in [1.165, 1.54) is 6.20 Å². The highest BCUT2D eigenvalue weighted by Crippen LogP contribution is 2.01. The maximum atomic E-state index is 11.9. The van der Waals surface area contributed by atoms with Gasteiger partial charge in [0, 0.05) is 25.5 Å². The molecule has 0 atom stereocenters. The third-order valence-electron chi connectivity index (χ3n) is 2.89. The van der Waals surface area contributed by atoms with Crippen LogP contribution in [0.15, 0.2) is 36.9 Å². The van der Waals surface area contributed by atoms with Crippen LogP contribution in [0.1, 0.15) is 29.4 Å². The van der Waals surface area contributed by atoms with E-state index in [1.54, 1.807) is 18.6 Å². The highest BCUT2D eigenvalue weighted by atomic mass is 16.1. The van der Waals surface area contributed by atoms with Crippen molar-refractivity contribution in [1.29, 1.82) is 0 Å². The van der Waals surface area contributed by atoms with Crippen LogP contribution in [-0.2, 0) is 6.42 Å². The lowest BCUT2D eigenvalue weighted by molar-refractivity contribution is 0.0949. The van der Waals surface area contributed by atoms with Crippen molar-refractivity contribution in [3.05, 3.63) is 48.2 Å². The van der Waals surface area contributed by atoms with E-state index in [9.17, 15) is 4.79 Å². The molecule has 2 heterocycles. The number of nitrogens with zero attached hydrogens (tertiary/aromatic N) is 3. The minimum Gasteiger partial charge on any atom is -0.369 e. The molecule has 0 saturated heterocycles. The maximum Gasteiger partial charge on any atom is 0.271 e. The van der Waals surface area contributed by atoms with Gasteiger partial charge in [0.1, 0.15) is 11.5 Å². The van der Waals surface area contributed by atoms with Gasteiger partial charge in [0.15, 0.2) is 0 Å². The molecule has 0 bridgehead atoms. The lowest BCUT2D eigenvalue weighted by Crippen LogP contribution is -2.26. The number of hydrogen-bond donors (Lipinski definition) is 2. The Morgan fingerprint density at radius 3 is 2.62 bits per heavy atom. The number of anilines is 1. The second-order valence-corrected chi connectivity index (χ2v) is 4.58. The van der Waals surface area contributed by atoms with Crippen LogP contribution in [-0.4, -0.2) is 33.9 Å². The summed E-state index contributed by atoms with van der Waals surface area (Å²) in [5.74, 6) is 0.476. The predicted octanol–water partition coefficient (Wildman–Crippen LogP) is 1.67. The van der Waals surface area contributed by atoms with Crippen LogP contribution in [0, 0.1) is 0 Å². The molecule has 0 aromatic carbocycles. The van der Waals surface area contributed by atoms with E-state index >= 15 is 0 Å². The van der Waals surface area contributed by atoms with E-state index in [2.05, 4.69) is 32.5 Å². The number of nitrogens with one attached hydrogen (secondary N) is 2. The Kier molecular flexibility index (Phi) is 5.63. The van der Waals surface area contributed by atoms with Crippen LogP contribution in [0.5, 0.6) is 0 Å². The SMILES string of the molecule is CCCNc1cnc(C(=O)NCCc2ccncc2)cn1. The average Bonchev–Trinajstić information content (AvgIpc) is 2.54. The molecule has 2 N–H and O–H groups in total. The highest BCUT2D eigenvalue weighted by molar-refractivity contribution is 5.91. The molecule has 0 spiro atoms. The Balaban J connectivity index is 1.80. The quantitative estimate of drug-likeness (QED) is 0.809. The molecule has 1 amide bonds. The first-order valence-corrected chi connectivity index (χ1v) is 7.02. The fraction of sp³-hybridized carbons (Fsp3) is 0.333. The first-order valence-electron chi connectivity index (χ1n) is 7.02. The van der Waals surface area contributed by atoms with E-state index in [1.807, 2.05) is 12.1 Å². The first kappa shape index (κ1) is 14.9. The zero-order chi connectivity index (χ0) is 14.9. The minimum absolute atomic E-state index is 0.210. The smallest absolute Gasteiger partial charge is 0.271 e. The van der Waals surface area contributed by atoms with Crippen LogP contribution in [0.3, 0.4) is 0 Å². The molecule has 2 aromatic rings. The number of carbonyl (C=O) groups is 1. The van der Waals surface area contributed by atoms with Crippen molar-refractivity contribution < 1.29 is 4.79 Å². The average molecular weight is 285 g/mol. The van der Waals surface area contributed by atoms with Crippen molar-refractivity contribution in [2.45, 2.75) is 19.8 Å². The predicted molar refractivity (Wildman–Crippen MR) is 81.1 cm³/mol. The van der Waals surface area contributed by atoms with Gasteiger partial charge in [0.05, 0.1) is 12.4 Å².